The standard InChI is InChI=1S/C11H13ClN2OS/c1-15-9(6-2-3-6)11-13-8-5-16-4-7(8)10(12)14-11/h6,9H,2-5H2,1H3. The van der Waals surface area contributed by atoms with Crippen LogP contribution in [0.2, 0.25) is 5.15 Å². The Morgan fingerprint density at radius 2 is 2.19 bits per heavy atom. The summed E-state index contributed by atoms with van der Waals surface area (Å²) in [6.07, 6.45) is 2.46. The minimum atomic E-state index is 0.0356. The van der Waals surface area contributed by atoms with Gasteiger partial charge in [0.15, 0.2) is 5.82 Å². The molecule has 1 saturated carbocycles. The first-order valence-electron chi connectivity index (χ1n) is 5.45. The summed E-state index contributed by atoms with van der Waals surface area (Å²) in [6, 6.07) is 0. The number of rotatable bonds is 3. The number of hydrogen-bond donors (Lipinski definition) is 0. The van der Waals surface area contributed by atoms with Gasteiger partial charge in [0.1, 0.15) is 11.3 Å². The zero-order valence-corrected chi connectivity index (χ0v) is 10.6. The van der Waals surface area contributed by atoms with Crippen molar-refractivity contribution in [3.8, 4) is 0 Å². The molecule has 0 aromatic carbocycles. The van der Waals surface area contributed by atoms with E-state index in [4.69, 9.17) is 16.3 Å². The van der Waals surface area contributed by atoms with E-state index in [1.807, 2.05) is 11.8 Å². The summed E-state index contributed by atoms with van der Waals surface area (Å²) in [5.74, 6) is 3.26. The number of hydrogen-bond acceptors (Lipinski definition) is 4. The van der Waals surface area contributed by atoms with E-state index in [1.54, 1.807) is 7.11 Å². The average Bonchev–Trinajstić information content (AvgIpc) is 2.96. The monoisotopic (exact) mass is 256 g/mol. The lowest BCUT2D eigenvalue weighted by molar-refractivity contribution is 0.0770. The van der Waals surface area contributed by atoms with E-state index in [0.717, 1.165) is 28.6 Å². The van der Waals surface area contributed by atoms with Gasteiger partial charge in [-0.1, -0.05) is 11.6 Å². The molecule has 1 atom stereocenters. The van der Waals surface area contributed by atoms with Gasteiger partial charge in [-0.05, 0) is 18.8 Å². The summed E-state index contributed by atoms with van der Waals surface area (Å²) >= 11 is 8.02. The Kier molecular flexibility index (Phi) is 2.81. The number of ether oxygens (including phenoxy) is 1. The normalized spacial score (nSPS) is 20.9. The zero-order chi connectivity index (χ0) is 11.1. The van der Waals surface area contributed by atoms with Gasteiger partial charge in [-0.2, -0.15) is 11.8 Å². The Morgan fingerprint density at radius 1 is 1.38 bits per heavy atom. The second-order valence-corrected chi connectivity index (χ2v) is 5.63. The summed E-state index contributed by atoms with van der Waals surface area (Å²) in [5.41, 5.74) is 2.21. The van der Waals surface area contributed by atoms with Crippen molar-refractivity contribution in [2.45, 2.75) is 30.5 Å². The second kappa shape index (κ2) is 4.17. The minimum Gasteiger partial charge on any atom is -0.373 e. The molecule has 1 aromatic heterocycles. The molecule has 1 aliphatic carbocycles. The molecule has 2 aliphatic rings. The average molecular weight is 257 g/mol. The van der Waals surface area contributed by atoms with Gasteiger partial charge in [0, 0.05) is 24.2 Å². The van der Waals surface area contributed by atoms with E-state index in [1.165, 1.54) is 12.8 Å². The fourth-order valence-electron chi connectivity index (χ4n) is 2.06. The molecule has 1 unspecified atom stereocenters. The van der Waals surface area contributed by atoms with Gasteiger partial charge >= 0.3 is 0 Å². The van der Waals surface area contributed by atoms with E-state index < -0.39 is 0 Å². The quantitative estimate of drug-likeness (QED) is 0.779. The minimum absolute atomic E-state index is 0.0356. The smallest absolute Gasteiger partial charge is 0.159 e. The van der Waals surface area contributed by atoms with Gasteiger partial charge in [0.2, 0.25) is 0 Å². The van der Waals surface area contributed by atoms with Crippen LogP contribution in [0.25, 0.3) is 0 Å². The molecule has 1 aromatic rings. The zero-order valence-electron chi connectivity index (χ0n) is 9.07. The largest absolute Gasteiger partial charge is 0.373 e. The van der Waals surface area contributed by atoms with Crippen LogP contribution in [-0.2, 0) is 16.2 Å². The van der Waals surface area contributed by atoms with E-state index >= 15 is 0 Å². The van der Waals surface area contributed by atoms with Crippen LogP contribution in [0.5, 0.6) is 0 Å². The first-order valence-corrected chi connectivity index (χ1v) is 6.98. The molecule has 0 amide bonds. The number of fused-ring (bicyclic) bond motifs is 1. The number of aromatic nitrogens is 2. The number of methoxy groups -OCH3 is 1. The molecule has 1 fully saturated rings. The van der Waals surface area contributed by atoms with Crippen molar-refractivity contribution in [1.29, 1.82) is 0 Å². The highest BCUT2D eigenvalue weighted by Crippen LogP contribution is 2.43. The Morgan fingerprint density at radius 3 is 2.88 bits per heavy atom. The van der Waals surface area contributed by atoms with Crippen molar-refractivity contribution in [3.05, 3.63) is 22.2 Å². The van der Waals surface area contributed by atoms with Crippen molar-refractivity contribution >= 4 is 23.4 Å². The second-order valence-electron chi connectivity index (χ2n) is 4.28. The highest BCUT2D eigenvalue weighted by Gasteiger charge is 2.35. The molecule has 0 spiro atoms. The molecule has 2 heterocycles. The Labute approximate surface area is 104 Å². The third-order valence-electron chi connectivity index (χ3n) is 3.10. The Balaban J connectivity index is 1.98. The predicted molar refractivity (Wildman–Crippen MR) is 64.5 cm³/mol. The summed E-state index contributed by atoms with van der Waals surface area (Å²) in [6.45, 7) is 0. The molecular formula is C11H13ClN2OS. The Bertz CT molecular complexity index is 423. The van der Waals surface area contributed by atoms with Crippen LogP contribution in [0, 0.1) is 5.92 Å². The summed E-state index contributed by atoms with van der Waals surface area (Å²) < 4.78 is 5.48. The third kappa shape index (κ3) is 1.83. The van der Waals surface area contributed by atoms with Crippen LogP contribution in [0.15, 0.2) is 0 Å². The fraction of sp³-hybridized carbons (Fsp3) is 0.636. The number of nitrogens with zero attached hydrogens (tertiary/aromatic N) is 2. The fourth-order valence-corrected chi connectivity index (χ4v) is 3.45. The molecule has 86 valence electrons. The van der Waals surface area contributed by atoms with Crippen molar-refractivity contribution < 1.29 is 4.74 Å². The van der Waals surface area contributed by atoms with Crippen LogP contribution in [0.4, 0.5) is 0 Å². The van der Waals surface area contributed by atoms with Gasteiger partial charge in [-0.3, -0.25) is 0 Å². The first-order chi connectivity index (χ1) is 7.79. The maximum Gasteiger partial charge on any atom is 0.159 e. The van der Waals surface area contributed by atoms with Crippen LogP contribution in [0.3, 0.4) is 0 Å². The van der Waals surface area contributed by atoms with Crippen molar-refractivity contribution in [1.82, 2.24) is 9.97 Å². The number of thioether (sulfide) groups is 1. The predicted octanol–water partition coefficient (Wildman–Crippen LogP) is 2.97. The van der Waals surface area contributed by atoms with Crippen molar-refractivity contribution in [2.75, 3.05) is 7.11 Å². The molecular weight excluding hydrogens is 244 g/mol. The van der Waals surface area contributed by atoms with Gasteiger partial charge in [0.05, 0.1) is 5.69 Å². The van der Waals surface area contributed by atoms with Gasteiger partial charge in [-0.15, -0.1) is 0 Å². The first kappa shape index (κ1) is 10.8. The van der Waals surface area contributed by atoms with E-state index in [9.17, 15) is 0 Å². The summed E-state index contributed by atoms with van der Waals surface area (Å²) in [4.78, 5) is 9.00. The lowest BCUT2D eigenvalue weighted by Gasteiger charge is -2.14. The molecule has 0 radical (unpaired) electrons. The lowest BCUT2D eigenvalue weighted by Crippen LogP contribution is -2.11. The van der Waals surface area contributed by atoms with Crippen molar-refractivity contribution in [2.24, 2.45) is 5.92 Å². The molecule has 0 bridgehead atoms. The third-order valence-corrected chi connectivity index (χ3v) is 4.39. The van der Waals surface area contributed by atoms with Gasteiger partial charge in [-0.25, -0.2) is 9.97 Å². The molecule has 0 saturated heterocycles. The topological polar surface area (TPSA) is 35.0 Å². The maximum absolute atomic E-state index is 6.18. The summed E-state index contributed by atoms with van der Waals surface area (Å²) in [5, 5.41) is 0.618. The molecule has 5 heteroatoms. The van der Waals surface area contributed by atoms with Crippen LogP contribution in [-0.4, -0.2) is 17.1 Å². The van der Waals surface area contributed by atoms with E-state index in [0.29, 0.717) is 11.1 Å². The molecule has 1 aliphatic heterocycles. The van der Waals surface area contributed by atoms with E-state index in [-0.39, 0.29) is 6.10 Å². The SMILES string of the molecule is COC(c1nc(Cl)c2c(n1)CSC2)C1CC1. The molecule has 16 heavy (non-hydrogen) atoms. The molecule has 3 nitrogen and oxygen atoms in total. The highest BCUT2D eigenvalue weighted by molar-refractivity contribution is 7.98. The highest BCUT2D eigenvalue weighted by atomic mass is 35.5. The summed E-state index contributed by atoms with van der Waals surface area (Å²) in [7, 11) is 1.72. The molecule has 3 rings (SSSR count). The van der Waals surface area contributed by atoms with Gasteiger partial charge < -0.3 is 4.74 Å². The van der Waals surface area contributed by atoms with Gasteiger partial charge in [0.25, 0.3) is 0 Å². The lowest BCUT2D eigenvalue weighted by atomic mass is 10.2. The van der Waals surface area contributed by atoms with E-state index in [2.05, 4.69) is 9.97 Å². The van der Waals surface area contributed by atoms with Crippen molar-refractivity contribution in [3.63, 3.8) is 0 Å². The number of halogens is 1. The Hall–Kier alpha value is -0.320. The van der Waals surface area contributed by atoms with Crippen LogP contribution < -0.4 is 0 Å². The van der Waals surface area contributed by atoms with Crippen LogP contribution >= 0.6 is 23.4 Å². The molecule has 0 N–H and O–H groups in total. The maximum atomic E-state index is 6.18. The van der Waals surface area contributed by atoms with Crippen LogP contribution in [0.1, 0.15) is 36.0 Å².